The molecule has 0 fully saturated rings. The Hall–Kier alpha value is -3.45. The van der Waals surface area contributed by atoms with E-state index in [4.69, 9.17) is 18.9 Å². The van der Waals surface area contributed by atoms with Crippen LogP contribution in [0.4, 0.5) is 5.69 Å². The van der Waals surface area contributed by atoms with E-state index in [2.05, 4.69) is 17.9 Å². The number of rotatable bonds is 11. The van der Waals surface area contributed by atoms with Crippen molar-refractivity contribution < 1.29 is 24.1 Å². The number of hydrogen-bond donors (Lipinski definition) is 2. The number of ether oxygens (including phenoxy) is 4. The number of hydrogen-bond acceptors (Lipinski definition) is 7. The van der Waals surface area contributed by atoms with E-state index in [1.807, 2.05) is 36.4 Å². The number of nitrogens with one attached hydrogen (secondary N) is 1. The van der Waals surface area contributed by atoms with Crippen LogP contribution in [-0.4, -0.2) is 33.5 Å². The Balaban J connectivity index is 2.38. The molecule has 0 heterocycles. The van der Waals surface area contributed by atoms with Crippen LogP contribution in [0.15, 0.2) is 60.6 Å². The van der Waals surface area contributed by atoms with E-state index >= 15 is 0 Å². The number of benzene rings is 2. The molecule has 0 aromatic heterocycles. The molecule has 0 aliphatic carbocycles. The van der Waals surface area contributed by atoms with Crippen LogP contribution in [0.1, 0.15) is 11.1 Å². The molecule has 0 spiro atoms. The van der Waals surface area contributed by atoms with Gasteiger partial charge in [0.1, 0.15) is 0 Å². The van der Waals surface area contributed by atoms with E-state index in [-0.39, 0.29) is 5.75 Å². The molecule has 0 saturated carbocycles. The highest BCUT2D eigenvalue weighted by Gasteiger charge is 2.13. The Morgan fingerprint density at radius 2 is 1.42 bits per heavy atom. The van der Waals surface area contributed by atoms with Crippen LogP contribution in [-0.2, 0) is 0 Å². The minimum Gasteiger partial charge on any atom is -0.503 e. The lowest BCUT2D eigenvalue weighted by molar-refractivity contribution is 0.324. The van der Waals surface area contributed by atoms with Crippen molar-refractivity contribution >= 4 is 29.8 Å². The van der Waals surface area contributed by atoms with Crippen molar-refractivity contribution in [2.45, 2.75) is 0 Å². The number of phenolic OH excluding ortho intramolecular Hbond substituents is 1. The van der Waals surface area contributed by atoms with Crippen molar-refractivity contribution in [2.75, 3.05) is 33.2 Å². The average Bonchev–Trinajstić information content (AvgIpc) is 2.80. The second-order valence-corrected chi connectivity index (χ2v) is 7.00. The fraction of sp³-hybridized carbons (Fsp3) is 0.167. The summed E-state index contributed by atoms with van der Waals surface area (Å²) in [5, 5.41) is 10.5. The average molecular weight is 442 g/mol. The van der Waals surface area contributed by atoms with Gasteiger partial charge in [0.05, 0.1) is 34.1 Å². The van der Waals surface area contributed by atoms with Crippen LogP contribution in [0.5, 0.6) is 28.7 Å². The normalized spacial score (nSPS) is 11.2. The molecule has 0 radical (unpaired) electrons. The molecular weight excluding hydrogens is 414 g/mol. The third kappa shape index (κ3) is 6.02. The summed E-state index contributed by atoms with van der Waals surface area (Å²) < 4.78 is 24.6. The van der Waals surface area contributed by atoms with Gasteiger partial charge in [-0.05, 0) is 53.4 Å². The second-order valence-electron chi connectivity index (χ2n) is 6.12. The Kier molecular flexibility index (Phi) is 8.96. The quantitative estimate of drug-likeness (QED) is 0.194. The lowest BCUT2D eigenvalue weighted by Crippen LogP contribution is -1.95. The lowest BCUT2D eigenvalue weighted by Gasteiger charge is -2.13. The summed E-state index contributed by atoms with van der Waals surface area (Å²) in [4.78, 5) is 0.853. The summed E-state index contributed by atoms with van der Waals surface area (Å²) in [6, 6.07) is 7.25. The Labute approximate surface area is 187 Å². The van der Waals surface area contributed by atoms with Gasteiger partial charge in [-0.1, -0.05) is 37.5 Å². The summed E-state index contributed by atoms with van der Waals surface area (Å²) in [5.41, 5.74) is 2.18. The van der Waals surface area contributed by atoms with Crippen molar-refractivity contribution in [2.24, 2.45) is 0 Å². The molecular formula is C24H27NO5S. The zero-order valence-corrected chi connectivity index (χ0v) is 18.9. The van der Waals surface area contributed by atoms with E-state index in [1.165, 1.54) is 19.1 Å². The molecule has 0 aliphatic heterocycles. The molecule has 0 saturated heterocycles. The van der Waals surface area contributed by atoms with Gasteiger partial charge in [0.15, 0.2) is 23.0 Å². The second kappa shape index (κ2) is 11.7. The number of methoxy groups -OCH3 is 4. The van der Waals surface area contributed by atoms with Gasteiger partial charge in [0, 0.05) is 4.91 Å². The minimum absolute atomic E-state index is 0.0157. The van der Waals surface area contributed by atoms with Crippen molar-refractivity contribution in [1.29, 1.82) is 0 Å². The molecule has 2 N–H and O–H groups in total. The molecule has 7 heteroatoms. The predicted octanol–water partition coefficient (Wildman–Crippen LogP) is 5.91. The molecule has 31 heavy (non-hydrogen) atoms. The highest BCUT2D eigenvalue weighted by Crippen LogP contribution is 2.40. The van der Waals surface area contributed by atoms with Gasteiger partial charge >= 0.3 is 0 Å². The Morgan fingerprint density at radius 1 is 0.871 bits per heavy atom. The van der Waals surface area contributed by atoms with Gasteiger partial charge in [-0.25, -0.2) is 0 Å². The highest BCUT2D eigenvalue weighted by molar-refractivity contribution is 8.04. The lowest BCUT2D eigenvalue weighted by atomic mass is 10.1. The summed E-state index contributed by atoms with van der Waals surface area (Å²) in [6.07, 6.45) is 8.98. The summed E-state index contributed by atoms with van der Waals surface area (Å²) in [6.45, 7) is 7.45. The number of aromatic hydroxyl groups is 1. The van der Waals surface area contributed by atoms with Crippen molar-refractivity contribution in [3.05, 3.63) is 71.7 Å². The zero-order valence-electron chi connectivity index (χ0n) is 18.1. The van der Waals surface area contributed by atoms with Crippen molar-refractivity contribution in [3.8, 4) is 28.7 Å². The van der Waals surface area contributed by atoms with Crippen LogP contribution < -0.4 is 23.7 Å². The van der Waals surface area contributed by atoms with Crippen LogP contribution >= 0.6 is 11.9 Å². The Morgan fingerprint density at radius 3 is 1.90 bits per heavy atom. The highest BCUT2D eigenvalue weighted by atomic mass is 32.2. The van der Waals surface area contributed by atoms with E-state index in [1.54, 1.807) is 39.5 Å². The zero-order chi connectivity index (χ0) is 22.8. The minimum atomic E-state index is 0.0157. The topological polar surface area (TPSA) is 69.2 Å². The first kappa shape index (κ1) is 23.8. The molecule has 0 unspecified atom stereocenters. The van der Waals surface area contributed by atoms with Crippen LogP contribution in [0, 0.1) is 0 Å². The largest absolute Gasteiger partial charge is 0.503 e. The molecule has 2 aromatic carbocycles. The first-order chi connectivity index (χ1) is 15.0. The van der Waals surface area contributed by atoms with Gasteiger partial charge in [-0.2, -0.15) is 0 Å². The van der Waals surface area contributed by atoms with Crippen LogP contribution in [0.3, 0.4) is 0 Å². The van der Waals surface area contributed by atoms with Gasteiger partial charge in [0.2, 0.25) is 5.75 Å². The van der Waals surface area contributed by atoms with Gasteiger partial charge in [-0.15, -0.1) is 0 Å². The molecule has 6 nitrogen and oxygen atoms in total. The first-order valence-electron chi connectivity index (χ1n) is 9.28. The van der Waals surface area contributed by atoms with Gasteiger partial charge < -0.3 is 28.8 Å². The molecule has 164 valence electrons. The summed E-state index contributed by atoms with van der Waals surface area (Å²) >= 11 is 1.30. The Bertz CT molecular complexity index is 973. The van der Waals surface area contributed by atoms with E-state index < -0.39 is 0 Å². The summed E-state index contributed by atoms with van der Waals surface area (Å²) in [7, 11) is 6.21. The molecule has 2 aromatic rings. The fourth-order valence-electron chi connectivity index (χ4n) is 2.72. The number of allylic oxidation sites excluding steroid dienone is 3. The number of anilines is 1. The molecule has 2 rings (SSSR count). The molecule has 0 aliphatic rings. The fourth-order valence-corrected chi connectivity index (χ4v) is 3.35. The van der Waals surface area contributed by atoms with E-state index in [0.29, 0.717) is 28.7 Å². The number of phenols is 1. The van der Waals surface area contributed by atoms with Crippen molar-refractivity contribution in [3.63, 3.8) is 0 Å². The van der Waals surface area contributed by atoms with E-state index in [0.717, 1.165) is 16.0 Å². The molecule has 0 amide bonds. The summed E-state index contributed by atoms with van der Waals surface area (Å²) in [5.74, 6) is 2.02. The standard InChI is InChI=1S/C24H27NO5S/c1-7-9-18(8-2)31-25-19-12-16(13-20(27-3)23(19)26)10-11-17-14-21(28-4)24(30-6)22(15-17)29-5/h7-15,25-26H,1-2H2,3-6H3/b11-10-,18-9+. The van der Waals surface area contributed by atoms with Crippen LogP contribution in [0.25, 0.3) is 12.2 Å². The predicted molar refractivity (Wildman–Crippen MR) is 129 cm³/mol. The van der Waals surface area contributed by atoms with Crippen molar-refractivity contribution in [1.82, 2.24) is 0 Å². The monoisotopic (exact) mass is 441 g/mol. The van der Waals surface area contributed by atoms with E-state index in [9.17, 15) is 5.11 Å². The molecule has 0 bridgehead atoms. The van der Waals surface area contributed by atoms with Crippen LogP contribution in [0.2, 0.25) is 0 Å². The maximum atomic E-state index is 10.5. The third-order valence-corrected chi connectivity index (χ3v) is 5.10. The molecule has 0 atom stereocenters. The third-order valence-electron chi connectivity index (χ3n) is 4.23. The maximum Gasteiger partial charge on any atom is 0.203 e. The van der Waals surface area contributed by atoms with Gasteiger partial charge in [0.25, 0.3) is 0 Å². The maximum absolute atomic E-state index is 10.5. The SMILES string of the molecule is C=C/C=C(\C=C)SNc1cc(/C=C\c2cc(OC)c(OC)c(OC)c2)cc(OC)c1O. The smallest absolute Gasteiger partial charge is 0.203 e. The van der Waals surface area contributed by atoms with Gasteiger partial charge in [-0.3, -0.25) is 0 Å². The first-order valence-corrected chi connectivity index (χ1v) is 10.1.